The van der Waals surface area contributed by atoms with Gasteiger partial charge in [0.1, 0.15) is 16.6 Å². The number of nitrogens with zero attached hydrogens (tertiary/aromatic N) is 1. The van der Waals surface area contributed by atoms with Gasteiger partial charge in [0.05, 0.1) is 11.3 Å². The van der Waals surface area contributed by atoms with Crippen molar-refractivity contribution < 1.29 is 14.7 Å². The van der Waals surface area contributed by atoms with Crippen LogP contribution in [0.15, 0.2) is 16.2 Å². The van der Waals surface area contributed by atoms with Crippen molar-refractivity contribution in [1.82, 2.24) is 15.3 Å². The lowest BCUT2D eigenvalue weighted by atomic mass is 10.3. The fraction of sp³-hybridized carbons (Fsp3) is 0.273. The van der Waals surface area contributed by atoms with Crippen molar-refractivity contribution in [3.63, 3.8) is 0 Å². The Bertz CT molecular complexity index is 682. The molecule has 2 heterocycles. The van der Waals surface area contributed by atoms with Crippen molar-refractivity contribution in [2.75, 3.05) is 5.75 Å². The van der Waals surface area contributed by atoms with Crippen LogP contribution in [0.3, 0.4) is 0 Å². The number of aromatic nitrogens is 2. The number of carboxylic acids is 1. The molecule has 2 rings (SSSR count). The topological polar surface area (TPSA) is 112 Å². The van der Waals surface area contributed by atoms with Crippen LogP contribution < -0.4 is 10.9 Å². The van der Waals surface area contributed by atoms with E-state index < -0.39 is 12.0 Å². The number of amides is 1. The van der Waals surface area contributed by atoms with E-state index in [1.54, 1.807) is 11.4 Å². The quantitative estimate of drug-likeness (QED) is 0.639. The second kappa shape index (κ2) is 6.53. The zero-order chi connectivity index (χ0) is 14.5. The average molecular weight is 313 g/mol. The molecule has 9 heteroatoms. The van der Waals surface area contributed by atoms with E-state index in [0.29, 0.717) is 28.2 Å². The Hall–Kier alpha value is -1.87. The van der Waals surface area contributed by atoms with Gasteiger partial charge in [0, 0.05) is 5.75 Å². The minimum absolute atomic E-state index is 0.193. The molecule has 0 bridgehead atoms. The predicted octanol–water partition coefficient (Wildman–Crippen LogP) is 0.417. The summed E-state index contributed by atoms with van der Waals surface area (Å²) in [5.74, 6) is -0.0503. The molecule has 20 heavy (non-hydrogen) atoms. The first-order valence-corrected chi connectivity index (χ1v) is 7.62. The predicted molar refractivity (Wildman–Crippen MR) is 77.0 cm³/mol. The molecule has 0 spiro atoms. The van der Waals surface area contributed by atoms with Gasteiger partial charge in [0.2, 0.25) is 6.41 Å². The van der Waals surface area contributed by atoms with E-state index in [4.69, 9.17) is 5.11 Å². The van der Waals surface area contributed by atoms with Crippen LogP contribution in [0.4, 0.5) is 0 Å². The summed E-state index contributed by atoms with van der Waals surface area (Å²) in [6.07, 6.45) is 0.358. The normalized spacial score (nSPS) is 12.2. The number of rotatable bonds is 7. The summed E-state index contributed by atoms with van der Waals surface area (Å²) in [5, 5.41) is 12.9. The molecule has 0 saturated heterocycles. The number of carbonyl (C=O) groups is 2. The third kappa shape index (κ3) is 3.36. The summed E-state index contributed by atoms with van der Waals surface area (Å²) in [6.45, 7) is 0. The van der Waals surface area contributed by atoms with Gasteiger partial charge >= 0.3 is 5.97 Å². The van der Waals surface area contributed by atoms with E-state index >= 15 is 0 Å². The van der Waals surface area contributed by atoms with Crippen LogP contribution in [0.25, 0.3) is 10.2 Å². The molecule has 0 aliphatic heterocycles. The molecule has 1 atom stereocenters. The first-order chi connectivity index (χ1) is 9.61. The minimum Gasteiger partial charge on any atom is -0.480 e. The molecule has 0 saturated carbocycles. The average Bonchev–Trinajstić information content (AvgIpc) is 2.86. The van der Waals surface area contributed by atoms with Crippen LogP contribution in [0.2, 0.25) is 0 Å². The van der Waals surface area contributed by atoms with Crippen molar-refractivity contribution in [3.05, 3.63) is 27.6 Å². The van der Waals surface area contributed by atoms with Gasteiger partial charge in [-0.05, 0) is 11.4 Å². The van der Waals surface area contributed by atoms with Gasteiger partial charge in [-0.15, -0.1) is 11.3 Å². The van der Waals surface area contributed by atoms with E-state index in [2.05, 4.69) is 15.3 Å². The van der Waals surface area contributed by atoms with Gasteiger partial charge in [-0.25, -0.2) is 9.78 Å². The number of hydrogen-bond donors (Lipinski definition) is 3. The molecule has 0 aromatic carbocycles. The lowest BCUT2D eigenvalue weighted by Gasteiger charge is -2.10. The Labute approximate surface area is 121 Å². The van der Waals surface area contributed by atoms with Gasteiger partial charge in [-0.3, -0.25) is 9.59 Å². The van der Waals surface area contributed by atoms with Gasteiger partial charge in [0.25, 0.3) is 5.56 Å². The van der Waals surface area contributed by atoms with Crippen molar-refractivity contribution in [3.8, 4) is 0 Å². The number of nitrogens with one attached hydrogen (secondary N) is 2. The highest BCUT2D eigenvalue weighted by Gasteiger charge is 2.16. The summed E-state index contributed by atoms with van der Waals surface area (Å²) in [7, 11) is 0. The van der Waals surface area contributed by atoms with Crippen LogP contribution in [-0.4, -0.2) is 39.2 Å². The molecule has 106 valence electrons. The first kappa shape index (κ1) is 14.5. The molecule has 2 aromatic heterocycles. The van der Waals surface area contributed by atoms with Crippen molar-refractivity contribution >= 4 is 45.7 Å². The third-order valence-electron chi connectivity index (χ3n) is 2.45. The maximum absolute atomic E-state index is 11.7. The van der Waals surface area contributed by atoms with Gasteiger partial charge in [0.15, 0.2) is 0 Å². The van der Waals surface area contributed by atoms with E-state index in [-0.39, 0.29) is 11.3 Å². The van der Waals surface area contributed by atoms with Crippen LogP contribution >= 0.6 is 23.1 Å². The van der Waals surface area contributed by atoms with Gasteiger partial charge in [-0.2, -0.15) is 11.8 Å². The largest absolute Gasteiger partial charge is 0.480 e. The van der Waals surface area contributed by atoms with Crippen molar-refractivity contribution in [1.29, 1.82) is 0 Å². The third-order valence-corrected chi connectivity index (χ3v) is 4.40. The zero-order valence-corrected chi connectivity index (χ0v) is 11.8. The maximum Gasteiger partial charge on any atom is 0.327 e. The van der Waals surface area contributed by atoms with E-state index in [0.717, 1.165) is 0 Å². The number of aromatic amines is 1. The first-order valence-electron chi connectivity index (χ1n) is 5.58. The number of carbonyl (C=O) groups excluding carboxylic acids is 1. The molecule has 0 fully saturated rings. The van der Waals surface area contributed by atoms with E-state index in [1.807, 2.05) is 0 Å². The molecule has 1 unspecified atom stereocenters. The van der Waals surface area contributed by atoms with Crippen LogP contribution in [0, 0.1) is 0 Å². The fourth-order valence-corrected chi connectivity index (χ4v) is 3.18. The summed E-state index contributed by atoms with van der Waals surface area (Å²) in [4.78, 5) is 39.7. The Morgan fingerprint density at radius 2 is 2.45 bits per heavy atom. The molecule has 0 aliphatic carbocycles. The second-order valence-corrected chi connectivity index (χ2v) is 5.78. The SMILES string of the molecule is O=CNC(CSCc1nc2ccsc2c(=O)[nH]1)C(=O)O. The van der Waals surface area contributed by atoms with Gasteiger partial charge in [-0.1, -0.05) is 0 Å². The second-order valence-electron chi connectivity index (χ2n) is 3.84. The summed E-state index contributed by atoms with van der Waals surface area (Å²) >= 11 is 2.59. The molecule has 7 nitrogen and oxygen atoms in total. The molecular weight excluding hydrogens is 302 g/mol. The standard InChI is InChI=1S/C11H11N3O4S2/c15-5-12-7(11(17)18)3-19-4-8-13-6-1-2-20-9(6)10(16)14-8/h1-2,5,7H,3-4H2,(H,12,15)(H,17,18)(H,13,14,16). The van der Waals surface area contributed by atoms with E-state index in [1.165, 1.54) is 23.1 Å². The highest BCUT2D eigenvalue weighted by molar-refractivity contribution is 7.98. The Morgan fingerprint density at radius 3 is 3.15 bits per heavy atom. The number of aliphatic carboxylic acids is 1. The molecule has 2 aromatic rings. The monoisotopic (exact) mass is 313 g/mol. The fourth-order valence-electron chi connectivity index (χ4n) is 1.54. The smallest absolute Gasteiger partial charge is 0.327 e. The van der Waals surface area contributed by atoms with E-state index in [9.17, 15) is 14.4 Å². The van der Waals surface area contributed by atoms with Crippen molar-refractivity contribution in [2.45, 2.75) is 11.8 Å². The number of hydrogen-bond acceptors (Lipinski definition) is 6. The lowest BCUT2D eigenvalue weighted by molar-refractivity contribution is -0.139. The summed E-state index contributed by atoms with van der Waals surface area (Å²) < 4.78 is 0.574. The molecular formula is C11H11N3O4S2. The van der Waals surface area contributed by atoms with Crippen LogP contribution in [0.1, 0.15) is 5.82 Å². The summed E-state index contributed by atoms with van der Waals surface area (Å²) in [6, 6.07) is 0.811. The molecule has 3 N–H and O–H groups in total. The highest BCUT2D eigenvalue weighted by atomic mass is 32.2. The Morgan fingerprint density at radius 1 is 1.65 bits per heavy atom. The minimum atomic E-state index is -1.10. The lowest BCUT2D eigenvalue weighted by Crippen LogP contribution is -2.37. The number of carboxylic acid groups (broad SMARTS) is 1. The number of thioether (sulfide) groups is 1. The van der Waals surface area contributed by atoms with Crippen LogP contribution in [0.5, 0.6) is 0 Å². The number of thiophene rings is 1. The van der Waals surface area contributed by atoms with Crippen molar-refractivity contribution in [2.24, 2.45) is 0 Å². The maximum atomic E-state index is 11.7. The Kier molecular flexibility index (Phi) is 4.74. The number of H-pyrrole nitrogens is 1. The number of fused-ring (bicyclic) bond motifs is 1. The highest BCUT2D eigenvalue weighted by Crippen LogP contribution is 2.16. The molecule has 1 amide bonds. The van der Waals surface area contributed by atoms with Gasteiger partial charge < -0.3 is 15.4 Å². The van der Waals surface area contributed by atoms with Crippen LogP contribution in [-0.2, 0) is 15.3 Å². The molecule has 0 radical (unpaired) electrons. The zero-order valence-electron chi connectivity index (χ0n) is 10.2. The summed E-state index contributed by atoms with van der Waals surface area (Å²) in [5.41, 5.74) is 0.441. The molecule has 0 aliphatic rings. The Balaban J connectivity index is 2.00.